The van der Waals surface area contributed by atoms with Crippen LogP contribution in [-0.4, -0.2) is 21.6 Å². The van der Waals surface area contributed by atoms with Gasteiger partial charge in [-0.05, 0) is 18.9 Å². The Kier molecular flexibility index (Phi) is 2.80. The fourth-order valence-electron chi connectivity index (χ4n) is 2.66. The molecule has 3 rings (SSSR count). The number of nitrogens with one attached hydrogen (secondary N) is 1. The third-order valence-electron chi connectivity index (χ3n) is 3.75. The van der Waals surface area contributed by atoms with Crippen LogP contribution in [0.25, 0.3) is 0 Å². The van der Waals surface area contributed by atoms with Crippen LogP contribution in [0.15, 0.2) is 30.3 Å². The van der Waals surface area contributed by atoms with Gasteiger partial charge < -0.3 is 5.73 Å². The SMILES string of the molecule is CC1c2n[nH]c(N)c2CCN1Cc1ccccc1. The minimum Gasteiger partial charge on any atom is -0.384 e. The highest BCUT2D eigenvalue weighted by molar-refractivity contribution is 5.44. The minimum absolute atomic E-state index is 0.322. The van der Waals surface area contributed by atoms with Gasteiger partial charge in [-0.3, -0.25) is 10.00 Å². The average Bonchev–Trinajstić information content (AvgIpc) is 2.77. The first-order valence-electron chi connectivity index (χ1n) is 6.36. The van der Waals surface area contributed by atoms with Gasteiger partial charge in [-0.1, -0.05) is 30.3 Å². The molecular formula is C14H18N4. The van der Waals surface area contributed by atoms with Crippen molar-refractivity contribution in [3.05, 3.63) is 47.2 Å². The van der Waals surface area contributed by atoms with Crippen LogP contribution in [0.3, 0.4) is 0 Å². The largest absolute Gasteiger partial charge is 0.384 e. The van der Waals surface area contributed by atoms with Crippen molar-refractivity contribution in [2.24, 2.45) is 0 Å². The number of benzene rings is 1. The molecule has 3 N–H and O–H groups in total. The predicted octanol–water partition coefficient (Wildman–Crippen LogP) is 2.11. The van der Waals surface area contributed by atoms with Crippen LogP contribution in [-0.2, 0) is 13.0 Å². The normalized spacial score (nSPS) is 19.7. The summed E-state index contributed by atoms with van der Waals surface area (Å²) in [5, 5.41) is 7.23. The van der Waals surface area contributed by atoms with Gasteiger partial charge in [-0.2, -0.15) is 5.10 Å². The Bertz CT molecular complexity index is 532. The summed E-state index contributed by atoms with van der Waals surface area (Å²) in [4.78, 5) is 2.44. The van der Waals surface area contributed by atoms with E-state index < -0.39 is 0 Å². The van der Waals surface area contributed by atoms with Gasteiger partial charge in [0.25, 0.3) is 0 Å². The molecule has 0 saturated carbocycles. The van der Waals surface area contributed by atoms with E-state index in [0.29, 0.717) is 6.04 Å². The number of nitrogens with two attached hydrogens (primary N) is 1. The van der Waals surface area contributed by atoms with Gasteiger partial charge in [0.1, 0.15) is 5.82 Å². The second-order valence-corrected chi connectivity index (χ2v) is 4.88. The Morgan fingerprint density at radius 1 is 1.39 bits per heavy atom. The first-order chi connectivity index (χ1) is 8.75. The van der Waals surface area contributed by atoms with Crippen LogP contribution < -0.4 is 5.73 Å². The highest BCUT2D eigenvalue weighted by atomic mass is 15.2. The third kappa shape index (κ3) is 1.88. The number of nitrogens with zero attached hydrogens (tertiary/aromatic N) is 2. The summed E-state index contributed by atoms with van der Waals surface area (Å²) in [6.45, 7) is 4.20. The van der Waals surface area contributed by atoms with Gasteiger partial charge in [0, 0.05) is 18.7 Å². The Morgan fingerprint density at radius 3 is 2.94 bits per heavy atom. The standard InChI is InChI=1S/C14H18N4/c1-10-13-12(14(15)17-16-13)7-8-18(10)9-11-5-3-2-4-6-11/h2-6,10H,7-9H2,1H3,(H3,15,16,17). The molecule has 1 aromatic heterocycles. The molecule has 4 heteroatoms. The molecule has 18 heavy (non-hydrogen) atoms. The third-order valence-corrected chi connectivity index (χ3v) is 3.75. The molecule has 2 aromatic rings. The van der Waals surface area contributed by atoms with Crippen molar-refractivity contribution >= 4 is 5.82 Å². The van der Waals surface area contributed by atoms with E-state index in [4.69, 9.17) is 5.73 Å². The quantitative estimate of drug-likeness (QED) is 0.848. The van der Waals surface area contributed by atoms with E-state index in [1.54, 1.807) is 0 Å². The van der Waals surface area contributed by atoms with Crippen LogP contribution in [0.2, 0.25) is 0 Å². The number of H-pyrrole nitrogens is 1. The summed E-state index contributed by atoms with van der Waals surface area (Å²) in [5.41, 5.74) is 9.54. The Balaban J connectivity index is 1.81. The van der Waals surface area contributed by atoms with Crippen LogP contribution in [0.1, 0.15) is 29.8 Å². The Morgan fingerprint density at radius 2 is 2.17 bits per heavy atom. The second kappa shape index (κ2) is 4.46. The molecule has 0 saturated heterocycles. The molecule has 1 unspecified atom stereocenters. The first-order valence-corrected chi connectivity index (χ1v) is 6.36. The molecule has 0 radical (unpaired) electrons. The summed E-state index contributed by atoms with van der Waals surface area (Å²) in [5.74, 6) is 0.733. The average molecular weight is 242 g/mol. The summed E-state index contributed by atoms with van der Waals surface area (Å²) >= 11 is 0. The fraction of sp³-hybridized carbons (Fsp3) is 0.357. The Hall–Kier alpha value is -1.81. The van der Waals surface area contributed by atoms with E-state index in [-0.39, 0.29) is 0 Å². The lowest BCUT2D eigenvalue weighted by Crippen LogP contribution is -2.33. The van der Waals surface area contributed by atoms with E-state index in [1.807, 2.05) is 0 Å². The van der Waals surface area contributed by atoms with Crippen LogP contribution in [0, 0.1) is 0 Å². The van der Waals surface area contributed by atoms with E-state index in [9.17, 15) is 0 Å². The first kappa shape index (κ1) is 11.3. The van der Waals surface area contributed by atoms with Gasteiger partial charge in [0.2, 0.25) is 0 Å². The second-order valence-electron chi connectivity index (χ2n) is 4.88. The number of anilines is 1. The van der Waals surface area contributed by atoms with Crippen molar-refractivity contribution in [3.8, 4) is 0 Å². The summed E-state index contributed by atoms with van der Waals surface area (Å²) in [6, 6.07) is 10.9. The lowest BCUT2D eigenvalue weighted by atomic mass is 10.00. The smallest absolute Gasteiger partial charge is 0.122 e. The molecule has 2 heterocycles. The van der Waals surface area contributed by atoms with Crippen molar-refractivity contribution in [3.63, 3.8) is 0 Å². The van der Waals surface area contributed by atoms with E-state index >= 15 is 0 Å². The predicted molar refractivity (Wildman–Crippen MR) is 72.0 cm³/mol. The topological polar surface area (TPSA) is 57.9 Å². The summed E-state index contributed by atoms with van der Waals surface area (Å²) in [6.07, 6.45) is 0.981. The molecule has 0 fully saturated rings. The van der Waals surface area contributed by atoms with Crippen molar-refractivity contribution in [2.75, 3.05) is 12.3 Å². The maximum absolute atomic E-state index is 5.89. The molecule has 1 aliphatic heterocycles. The fourth-order valence-corrected chi connectivity index (χ4v) is 2.66. The Labute approximate surface area is 107 Å². The molecule has 0 bridgehead atoms. The zero-order valence-electron chi connectivity index (χ0n) is 10.6. The number of fused-ring (bicyclic) bond motifs is 1. The number of aromatic nitrogens is 2. The van der Waals surface area contributed by atoms with E-state index in [0.717, 1.165) is 31.0 Å². The molecule has 0 spiro atoms. The zero-order chi connectivity index (χ0) is 12.5. The number of rotatable bonds is 2. The van der Waals surface area contributed by atoms with Crippen LogP contribution in [0.5, 0.6) is 0 Å². The lowest BCUT2D eigenvalue weighted by molar-refractivity contribution is 0.186. The van der Waals surface area contributed by atoms with Crippen molar-refractivity contribution < 1.29 is 0 Å². The van der Waals surface area contributed by atoms with Gasteiger partial charge in [0.05, 0.1) is 11.7 Å². The molecule has 1 atom stereocenters. The van der Waals surface area contributed by atoms with Gasteiger partial charge in [-0.25, -0.2) is 0 Å². The maximum Gasteiger partial charge on any atom is 0.122 e. The van der Waals surface area contributed by atoms with E-state index in [1.165, 1.54) is 11.1 Å². The molecule has 1 aromatic carbocycles. The highest BCUT2D eigenvalue weighted by Gasteiger charge is 2.27. The molecular weight excluding hydrogens is 224 g/mol. The van der Waals surface area contributed by atoms with Crippen molar-refractivity contribution in [1.29, 1.82) is 0 Å². The van der Waals surface area contributed by atoms with Crippen molar-refractivity contribution in [1.82, 2.24) is 15.1 Å². The lowest BCUT2D eigenvalue weighted by Gasteiger charge is -2.32. The minimum atomic E-state index is 0.322. The van der Waals surface area contributed by atoms with Crippen molar-refractivity contribution in [2.45, 2.75) is 25.9 Å². The zero-order valence-corrected chi connectivity index (χ0v) is 10.6. The van der Waals surface area contributed by atoms with Gasteiger partial charge in [-0.15, -0.1) is 0 Å². The van der Waals surface area contributed by atoms with Gasteiger partial charge in [0.15, 0.2) is 0 Å². The highest BCUT2D eigenvalue weighted by Crippen LogP contribution is 2.31. The van der Waals surface area contributed by atoms with E-state index in [2.05, 4.69) is 52.4 Å². The maximum atomic E-state index is 5.89. The van der Waals surface area contributed by atoms with Crippen LogP contribution in [0.4, 0.5) is 5.82 Å². The number of aromatic amines is 1. The number of hydrogen-bond acceptors (Lipinski definition) is 3. The monoisotopic (exact) mass is 242 g/mol. The molecule has 4 nitrogen and oxygen atoms in total. The number of hydrogen-bond donors (Lipinski definition) is 2. The molecule has 94 valence electrons. The molecule has 0 aliphatic carbocycles. The summed E-state index contributed by atoms with van der Waals surface area (Å²) < 4.78 is 0. The molecule has 0 amide bonds. The van der Waals surface area contributed by atoms with Crippen LogP contribution >= 0.6 is 0 Å². The number of nitrogen functional groups attached to an aromatic ring is 1. The molecule has 1 aliphatic rings. The summed E-state index contributed by atoms with van der Waals surface area (Å²) in [7, 11) is 0. The van der Waals surface area contributed by atoms with Gasteiger partial charge >= 0.3 is 0 Å².